The fourth-order valence-electron chi connectivity index (χ4n) is 2.30. The van der Waals surface area contributed by atoms with Gasteiger partial charge in [0, 0.05) is 18.2 Å². The van der Waals surface area contributed by atoms with Crippen LogP contribution in [0, 0.1) is 0 Å². The lowest BCUT2D eigenvalue weighted by atomic mass is 9.90. The molecule has 0 saturated heterocycles. The van der Waals surface area contributed by atoms with Gasteiger partial charge in [0.25, 0.3) is 0 Å². The van der Waals surface area contributed by atoms with Crippen molar-refractivity contribution in [3.05, 3.63) is 29.6 Å². The first-order valence-electron chi connectivity index (χ1n) is 5.73. The van der Waals surface area contributed by atoms with E-state index < -0.39 is 5.54 Å². The van der Waals surface area contributed by atoms with E-state index in [9.17, 15) is 4.79 Å². The third kappa shape index (κ3) is 2.30. The summed E-state index contributed by atoms with van der Waals surface area (Å²) in [5.74, 6) is 0.198. The molecule has 1 atom stereocenters. The highest BCUT2D eigenvalue weighted by Crippen LogP contribution is 2.33. The molecule has 0 fully saturated rings. The summed E-state index contributed by atoms with van der Waals surface area (Å²) in [5, 5.41) is 0. The van der Waals surface area contributed by atoms with Crippen molar-refractivity contribution < 1.29 is 4.79 Å². The van der Waals surface area contributed by atoms with Gasteiger partial charge in [0.15, 0.2) is 0 Å². The number of aromatic nitrogens is 1. The summed E-state index contributed by atoms with van der Waals surface area (Å²) >= 11 is 0. The summed E-state index contributed by atoms with van der Waals surface area (Å²) in [4.78, 5) is 16.4. The standard InChI is InChI=1S/C13H18N2O/c1-13(2,14)8-11(16)10-6-5-9-4-3-7-15-12(9)10/h3-4,7,10H,5-6,8,14H2,1-2H3. The van der Waals surface area contributed by atoms with Crippen LogP contribution in [0.15, 0.2) is 18.3 Å². The number of hydrogen-bond donors (Lipinski definition) is 1. The van der Waals surface area contributed by atoms with Gasteiger partial charge >= 0.3 is 0 Å². The van der Waals surface area contributed by atoms with Gasteiger partial charge in [0.1, 0.15) is 5.78 Å². The number of carbonyl (C=O) groups excluding carboxylic acids is 1. The van der Waals surface area contributed by atoms with E-state index in [1.807, 2.05) is 19.9 Å². The molecule has 1 aliphatic carbocycles. The van der Waals surface area contributed by atoms with Gasteiger partial charge in [0.2, 0.25) is 0 Å². The Hall–Kier alpha value is -1.22. The quantitative estimate of drug-likeness (QED) is 0.841. The maximum atomic E-state index is 12.1. The van der Waals surface area contributed by atoms with Crippen LogP contribution >= 0.6 is 0 Å². The molecule has 16 heavy (non-hydrogen) atoms. The molecule has 1 unspecified atom stereocenters. The van der Waals surface area contributed by atoms with Crippen LogP contribution < -0.4 is 5.73 Å². The average molecular weight is 218 g/mol. The highest BCUT2D eigenvalue weighted by Gasteiger charge is 2.31. The SMILES string of the molecule is CC(C)(N)CC(=O)C1CCc2cccnc21. The first-order valence-corrected chi connectivity index (χ1v) is 5.73. The van der Waals surface area contributed by atoms with Crippen molar-refractivity contribution in [1.29, 1.82) is 0 Å². The molecule has 0 aliphatic heterocycles. The van der Waals surface area contributed by atoms with Gasteiger partial charge in [-0.1, -0.05) is 6.07 Å². The summed E-state index contributed by atoms with van der Waals surface area (Å²) in [6.45, 7) is 3.78. The number of aryl methyl sites for hydroxylation is 1. The van der Waals surface area contributed by atoms with Crippen LogP contribution in [-0.4, -0.2) is 16.3 Å². The summed E-state index contributed by atoms with van der Waals surface area (Å²) < 4.78 is 0. The maximum absolute atomic E-state index is 12.1. The van der Waals surface area contributed by atoms with E-state index in [2.05, 4.69) is 11.1 Å². The minimum absolute atomic E-state index is 0.0287. The number of nitrogens with two attached hydrogens (primary N) is 1. The Bertz CT molecular complexity index is 407. The zero-order valence-electron chi connectivity index (χ0n) is 9.86. The third-order valence-corrected chi connectivity index (χ3v) is 2.98. The van der Waals surface area contributed by atoms with Crippen molar-refractivity contribution in [2.24, 2.45) is 5.73 Å². The lowest BCUT2D eigenvalue weighted by molar-refractivity contribution is -0.121. The Morgan fingerprint density at radius 3 is 3.06 bits per heavy atom. The molecule has 0 radical (unpaired) electrons. The Balaban J connectivity index is 2.16. The van der Waals surface area contributed by atoms with Gasteiger partial charge in [-0.3, -0.25) is 9.78 Å². The zero-order valence-corrected chi connectivity index (χ0v) is 9.86. The van der Waals surface area contributed by atoms with Crippen LogP contribution in [0.5, 0.6) is 0 Å². The molecule has 2 rings (SSSR count). The largest absolute Gasteiger partial charge is 0.325 e. The number of rotatable bonds is 3. The number of Topliss-reactive ketones (excluding diaryl/α,β-unsaturated/α-hetero) is 1. The third-order valence-electron chi connectivity index (χ3n) is 2.98. The molecule has 0 amide bonds. The second-order valence-corrected chi connectivity index (χ2v) is 5.27. The molecule has 0 saturated carbocycles. The van der Waals surface area contributed by atoms with E-state index in [4.69, 9.17) is 5.73 Å². The Kier molecular flexibility index (Phi) is 2.80. The van der Waals surface area contributed by atoms with Crippen molar-refractivity contribution in [1.82, 2.24) is 4.98 Å². The molecular formula is C13H18N2O. The molecule has 0 bridgehead atoms. The van der Waals surface area contributed by atoms with Crippen molar-refractivity contribution in [2.45, 2.75) is 44.6 Å². The lowest BCUT2D eigenvalue weighted by Gasteiger charge is -2.19. The van der Waals surface area contributed by atoms with Crippen molar-refractivity contribution in [3.63, 3.8) is 0 Å². The first-order chi connectivity index (χ1) is 7.47. The number of hydrogen-bond acceptors (Lipinski definition) is 3. The van der Waals surface area contributed by atoms with E-state index in [-0.39, 0.29) is 11.7 Å². The van der Waals surface area contributed by atoms with E-state index in [1.165, 1.54) is 5.56 Å². The average Bonchev–Trinajstić information content (AvgIpc) is 2.58. The number of nitrogens with zero attached hydrogens (tertiary/aromatic N) is 1. The number of pyridine rings is 1. The van der Waals surface area contributed by atoms with Gasteiger partial charge < -0.3 is 5.73 Å². The monoisotopic (exact) mass is 218 g/mol. The zero-order chi connectivity index (χ0) is 11.8. The van der Waals surface area contributed by atoms with Crippen LogP contribution in [0.3, 0.4) is 0 Å². The van der Waals surface area contributed by atoms with E-state index in [1.54, 1.807) is 6.20 Å². The second kappa shape index (κ2) is 3.98. The second-order valence-electron chi connectivity index (χ2n) is 5.27. The molecule has 1 heterocycles. The summed E-state index contributed by atoms with van der Waals surface area (Å²) in [6, 6.07) is 3.99. The fraction of sp³-hybridized carbons (Fsp3) is 0.538. The minimum Gasteiger partial charge on any atom is -0.325 e. The van der Waals surface area contributed by atoms with Crippen LogP contribution in [0.1, 0.15) is 43.9 Å². The molecule has 2 N–H and O–H groups in total. The van der Waals surface area contributed by atoms with Crippen molar-refractivity contribution in [2.75, 3.05) is 0 Å². The van der Waals surface area contributed by atoms with Crippen molar-refractivity contribution >= 4 is 5.78 Å². The Morgan fingerprint density at radius 1 is 1.62 bits per heavy atom. The maximum Gasteiger partial charge on any atom is 0.143 e. The molecule has 86 valence electrons. The highest BCUT2D eigenvalue weighted by atomic mass is 16.1. The van der Waals surface area contributed by atoms with Gasteiger partial charge in [-0.25, -0.2) is 0 Å². The van der Waals surface area contributed by atoms with E-state index >= 15 is 0 Å². The summed E-state index contributed by atoms with van der Waals surface area (Å²) in [6.07, 6.45) is 4.04. The fourth-order valence-corrected chi connectivity index (χ4v) is 2.30. The lowest BCUT2D eigenvalue weighted by Crippen LogP contribution is -2.36. The first kappa shape index (κ1) is 11.3. The molecule has 0 spiro atoms. The highest BCUT2D eigenvalue weighted by molar-refractivity contribution is 5.87. The van der Waals surface area contributed by atoms with Crippen LogP contribution in [0.4, 0.5) is 0 Å². The smallest absolute Gasteiger partial charge is 0.143 e. The van der Waals surface area contributed by atoms with Crippen LogP contribution in [-0.2, 0) is 11.2 Å². The molecule has 3 heteroatoms. The van der Waals surface area contributed by atoms with Crippen LogP contribution in [0.2, 0.25) is 0 Å². The Morgan fingerprint density at radius 2 is 2.38 bits per heavy atom. The Labute approximate surface area is 96.1 Å². The van der Waals surface area contributed by atoms with Gasteiger partial charge in [0.05, 0.1) is 11.6 Å². The molecule has 0 aromatic carbocycles. The normalized spacial score (nSPS) is 19.6. The van der Waals surface area contributed by atoms with Gasteiger partial charge in [-0.2, -0.15) is 0 Å². The topological polar surface area (TPSA) is 56.0 Å². The minimum atomic E-state index is -0.422. The van der Waals surface area contributed by atoms with E-state index in [0.717, 1.165) is 18.5 Å². The number of carbonyl (C=O) groups is 1. The van der Waals surface area contributed by atoms with Gasteiger partial charge in [-0.05, 0) is 38.3 Å². The predicted octanol–water partition coefficient (Wildman–Crippen LogP) is 1.81. The molecule has 1 aromatic rings. The molecule has 1 aromatic heterocycles. The molecule has 1 aliphatic rings. The van der Waals surface area contributed by atoms with Gasteiger partial charge in [-0.15, -0.1) is 0 Å². The number of ketones is 1. The molecular weight excluding hydrogens is 200 g/mol. The van der Waals surface area contributed by atoms with Crippen LogP contribution in [0.25, 0.3) is 0 Å². The summed E-state index contributed by atoms with van der Waals surface area (Å²) in [5.41, 5.74) is 7.65. The molecule has 3 nitrogen and oxygen atoms in total. The van der Waals surface area contributed by atoms with Crippen molar-refractivity contribution in [3.8, 4) is 0 Å². The summed E-state index contributed by atoms with van der Waals surface area (Å²) in [7, 11) is 0. The predicted molar refractivity (Wildman–Crippen MR) is 63.2 cm³/mol. The number of fused-ring (bicyclic) bond motifs is 1. The van der Waals surface area contributed by atoms with E-state index in [0.29, 0.717) is 6.42 Å².